The van der Waals surface area contributed by atoms with E-state index >= 15 is 0 Å². The Morgan fingerprint density at radius 1 is 1.38 bits per heavy atom. The van der Waals surface area contributed by atoms with Gasteiger partial charge in [0.1, 0.15) is 6.54 Å². The first kappa shape index (κ1) is 11.9. The topological polar surface area (TPSA) is 78.4 Å². The molecule has 0 heterocycles. The van der Waals surface area contributed by atoms with Crippen LogP contribution in [0.1, 0.15) is 20.3 Å². The number of carbonyl (C=O) groups excluding carboxylic acids is 1. The number of aliphatic carboxylic acids is 1. The second-order valence-electron chi connectivity index (χ2n) is 3.03. The monoisotopic (exact) mass is 188 g/mol. The van der Waals surface area contributed by atoms with Gasteiger partial charge in [-0.3, -0.25) is 9.59 Å². The van der Waals surface area contributed by atoms with Gasteiger partial charge in [0.05, 0.1) is 0 Å². The van der Waals surface area contributed by atoms with E-state index in [0.717, 1.165) is 0 Å². The molecule has 5 heteroatoms. The highest BCUT2D eigenvalue weighted by molar-refractivity contribution is 5.81. The first-order valence-electron chi connectivity index (χ1n) is 4.24. The first-order chi connectivity index (χ1) is 6.02. The molecule has 5 nitrogen and oxygen atoms in total. The highest BCUT2D eigenvalue weighted by Crippen LogP contribution is 1.80. The summed E-state index contributed by atoms with van der Waals surface area (Å²) in [5.74, 6) is -1.26. The highest BCUT2D eigenvalue weighted by atomic mass is 16.4. The predicted molar refractivity (Wildman–Crippen MR) is 48.4 cm³/mol. The molecule has 0 spiro atoms. The van der Waals surface area contributed by atoms with Gasteiger partial charge in [-0.25, -0.2) is 0 Å². The molecule has 0 rings (SSSR count). The SMILES string of the molecule is CC(C)NCCC(=O)NCC(=O)O. The van der Waals surface area contributed by atoms with E-state index in [2.05, 4.69) is 10.6 Å². The lowest BCUT2D eigenvalue weighted by atomic mass is 10.3. The van der Waals surface area contributed by atoms with E-state index in [1.807, 2.05) is 13.8 Å². The molecule has 0 atom stereocenters. The minimum absolute atomic E-state index is 0.240. The predicted octanol–water partition coefficient (Wildman–Crippen LogP) is -0.425. The number of carbonyl (C=O) groups is 2. The van der Waals surface area contributed by atoms with Crippen molar-refractivity contribution in [1.82, 2.24) is 10.6 Å². The van der Waals surface area contributed by atoms with E-state index in [0.29, 0.717) is 19.0 Å². The van der Waals surface area contributed by atoms with Crippen molar-refractivity contribution in [3.05, 3.63) is 0 Å². The van der Waals surface area contributed by atoms with Crippen molar-refractivity contribution in [3.63, 3.8) is 0 Å². The molecule has 0 radical (unpaired) electrons. The molecular weight excluding hydrogens is 172 g/mol. The molecule has 0 bridgehead atoms. The fourth-order valence-electron chi connectivity index (χ4n) is 0.737. The van der Waals surface area contributed by atoms with Crippen LogP contribution in [-0.2, 0) is 9.59 Å². The van der Waals surface area contributed by atoms with Crippen molar-refractivity contribution in [2.75, 3.05) is 13.1 Å². The van der Waals surface area contributed by atoms with Crippen molar-refractivity contribution in [1.29, 1.82) is 0 Å². The average Bonchev–Trinajstić information content (AvgIpc) is 2.00. The van der Waals surface area contributed by atoms with Crippen LogP contribution in [0.2, 0.25) is 0 Å². The summed E-state index contributed by atoms with van der Waals surface area (Å²) in [5.41, 5.74) is 0. The van der Waals surface area contributed by atoms with Crippen molar-refractivity contribution >= 4 is 11.9 Å². The fourth-order valence-corrected chi connectivity index (χ4v) is 0.737. The number of carboxylic acids is 1. The van der Waals surface area contributed by atoms with Gasteiger partial charge in [0, 0.05) is 19.0 Å². The molecule has 0 aromatic heterocycles. The quantitative estimate of drug-likeness (QED) is 0.529. The fraction of sp³-hybridized carbons (Fsp3) is 0.750. The lowest BCUT2D eigenvalue weighted by Gasteiger charge is -2.07. The van der Waals surface area contributed by atoms with E-state index in [-0.39, 0.29) is 12.5 Å². The number of carboxylic acid groups (broad SMARTS) is 1. The van der Waals surface area contributed by atoms with Crippen molar-refractivity contribution in [2.24, 2.45) is 0 Å². The van der Waals surface area contributed by atoms with Crippen LogP contribution in [0.15, 0.2) is 0 Å². The van der Waals surface area contributed by atoms with Gasteiger partial charge in [-0.2, -0.15) is 0 Å². The minimum Gasteiger partial charge on any atom is -0.480 e. The summed E-state index contributed by atoms with van der Waals surface area (Å²) >= 11 is 0. The van der Waals surface area contributed by atoms with Crippen LogP contribution >= 0.6 is 0 Å². The molecule has 0 aliphatic carbocycles. The van der Waals surface area contributed by atoms with Crippen LogP contribution < -0.4 is 10.6 Å². The summed E-state index contributed by atoms with van der Waals surface area (Å²) in [7, 11) is 0. The maximum atomic E-state index is 10.9. The van der Waals surface area contributed by atoms with E-state index in [1.165, 1.54) is 0 Å². The maximum Gasteiger partial charge on any atom is 0.322 e. The zero-order chi connectivity index (χ0) is 10.3. The Labute approximate surface area is 77.5 Å². The summed E-state index contributed by atoms with van der Waals surface area (Å²) in [4.78, 5) is 21.0. The van der Waals surface area contributed by atoms with E-state index in [4.69, 9.17) is 5.11 Å². The Kier molecular flexibility index (Phi) is 5.88. The Morgan fingerprint density at radius 3 is 2.46 bits per heavy atom. The van der Waals surface area contributed by atoms with Gasteiger partial charge < -0.3 is 15.7 Å². The van der Waals surface area contributed by atoms with Gasteiger partial charge >= 0.3 is 5.97 Å². The Bertz CT molecular complexity index is 180. The molecule has 0 aromatic rings. The summed E-state index contributed by atoms with van der Waals surface area (Å²) in [6, 6.07) is 0.340. The molecule has 1 amide bonds. The van der Waals surface area contributed by atoms with Crippen LogP contribution in [0.4, 0.5) is 0 Å². The van der Waals surface area contributed by atoms with Crippen LogP contribution in [0.5, 0.6) is 0 Å². The second-order valence-corrected chi connectivity index (χ2v) is 3.03. The van der Waals surface area contributed by atoms with Gasteiger partial charge in [0.25, 0.3) is 0 Å². The molecule has 0 aliphatic heterocycles. The Hall–Kier alpha value is -1.10. The van der Waals surface area contributed by atoms with Gasteiger partial charge in [-0.05, 0) is 0 Å². The van der Waals surface area contributed by atoms with Crippen LogP contribution in [-0.4, -0.2) is 36.1 Å². The second kappa shape index (κ2) is 6.42. The molecule has 0 saturated carbocycles. The van der Waals surface area contributed by atoms with Gasteiger partial charge in [-0.15, -0.1) is 0 Å². The smallest absolute Gasteiger partial charge is 0.322 e. The molecule has 0 aliphatic rings. The lowest BCUT2D eigenvalue weighted by molar-refractivity contribution is -0.137. The van der Waals surface area contributed by atoms with Crippen molar-refractivity contribution in [3.8, 4) is 0 Å². The van der Waals surface area contributed by atoms with Crippen molar-refractivity contribution in [2.45, 2.75) is 26.3 Å². The third-order valence-electron chi connectivity index (χ3n) is 1.34. The lowest BCUT2D eigenvalue weighted by Crippen LogP contribution is -2.33. The van der Waals surface area contributed by atoms with Gasteiger partial charge in [-0.1, -0.05) is 13.8 Å². The maximum absolute atomic E-state index is 10.9. The van der Waals surface area contributed by atoms with Crippen molar-refractivity contribution < 1.29 is 14.7 Å². The standard InChI is InChI=1S/C8H16N2O3/c1-6(2)9-4-3-7(11)10-5-8(12)13/h6,9H,3-5H2,1-2H3,(H,10,11)(H,12,13). The molecular formula is C8H16N2O3. The molecule has 0 unspecified atom stereocenters. The summed E-state index contributed by atoms with van der Waals surface area (Å²) in [6.45, 7) is 4.23. The largest absolute Gasteiger partial charge is 0.480 e. The Balaban J connectivity index is 3.36. The average molecular weight is 188 g/mol. The summed E-state index contributed by atoms with van der Waals surface area (Å²) < 4.78 is 0. The van der Waals surface area contributed by atoms with E-state index in [9.17, 15) is 9.59 Å². The Morgan fingerprint density at radius 2 is 2.00 bits per heavy atom. The third kappa shape index (κ3) is 8.81. The number of nitrogens with one attached hydrogen (secondary N) is 2. The van der Waals surface area contributed by atoms with Gasteiger partial charge in [0.2, 0.25) is 5.91 Å². The van der Waals surface area contributed by atoms with Gasteiger partial charge in [0.15, 0.2) is 0 Å². The van der Waals surface area contributed by atoms with Crippen LogP contribution in [0, 0.1) is 0 Å². The molecule has 0 aromatic carbocycles. The number of hydrogen-bond acceptors (Lipinski definition) is 3. The number of hydrogen-bond donors (Lipinski definition) is 3. The minimum atomic E-state index is -1.02. The molecule has 13 heavy (non-hydrogen) atoms. The van der Waals surface area contributed by atoms with E-state index in [1.54, 1.807) is 0 Å². The zero-order valence-electron chi connectivity index (χ0n) is 7.96. The molecule has 76 valence electrons. The highest BCUT2D eigenvalue weighted by Gasteiger charge is 2.03. The first-order valence-corrected chi connectivity index (χ1v) is 4.24. The molecule has 3 N–H and O–H groups in total. The molecule has 0 saturated heterocycles. The summed E-state index contributed by atoms with van der Waals surface area (Å²) in [5, 5.41) is 13.6. The number of amides is 1. The van der Waals surface area contributed by atoms with Crippen LogP contribution in [0.25, 0.3) is 0 Å². The normalized spacial score (nSPS) is 10.1. The number of rotatable bonds is 6. The third-order valence-corrected chi connectivity index (χ3v) is 1.34. The molecule has 0 fully saturated rings. The zero-order valence-corrected chi connectivity index (χ0v) is 7.96. The summed E-state index contributed by atoms with van der Waals surface area (Å²) in [6.07, 6.45) is 0.311. The van der Waals surface area contributed by atoms with E-state index < -0.39 is 5.97 Å². The van der Waals surface area contributed by atoms with Crippen LogP contribution in [0.3, 0.4) is 0 Å².